The first-order valence-corrected chi connectivity index (χ1v) is 11.3. The molecular weight excluding hydrogens is 416 g/mol. The summed E-state index contributed by atoms with van der Waals surface area (Å²) in [4.78, 5) is 17.9. The highest BCUT2D eigenvalue weighted by Crippen LogP contribution is 2.53. The van der Waals surface area contributed by atoms with Gasteiger partial charge in [0.1, 0.15) is 17.3 Å². The van der Waals surface area contributed by atoms with Crippen molar-refractivity contribution in [3.05, 3.63) is 70.6 Å². The van der Waals surface area contributed by atoms with Crippen molar-refractivity contribution in [2.45, 2.75) is 31.6 Å². The molecule has 33 heavy (non-hydrogen) atoms. The van der Waals surface area contributed by atoms with Gasteiger partial charge in [0.25, 0.3) is 0 Å². The van der Waals surface area contributed by atoms with Crippen molar-refractivity contribution < 1.29 is 14.3 Å². The van der Waals surface area contributed by atoms with Gasteiger partial charge in [0.15, 0.2) is 11.5 Å². The van der Waals surface area contributed by atoms with Gasteiger partial charge in [-0.3, -0.25) is 4.79 Å². The number of carbonyl (C=O) groups excluding carboxylic acids is 1. The second-order valence-corrected chi connectivity index (χ2v) is 8.80. The number of nitrogens with zero attached hydrogens (tertiary/aromatic N) is 3. The number of para-hydroxylation sites is 1. The van der Waals surface area contributed by atoms with Crippen molar-refractivity contribution in [1.29, 1.82) is 5.26 Å². The van der Waals surface area contributed by atoms with E-state index >= 15 is 0 Å². The van der Waals surface area contributed by atoms with Crippen LogP contribution < -0.4 is 20.1 Å². The molecule has 1 amide bonds. The third-order valence-corrected chi connectivity index (χ3v) is 7.11. The first-order valence-electron chi connectivity index (χ1n) is 11.3. The molecule has 0 saturated carbocycles. The maximum Gasteiger partial charge on any atom is 0.247 e. The number of benzene rings is 2. The summed E-state index contributed by atoms with van der Waals surface area (Å²) in [6.45, 7) is 3.53. The molecule has 4 aliphatic rings. The topological polar surface area (TPSA) is 91.8 Å². The fraction of sp³-hybridized carbons (Fsp3) is 0.308. The average Bonchev–Trinajstić information content (AvgIpc) is 3.38. The van der Waals surface area contributed by atoms with Crippen molar-refractivity contribution in [3.8, 4) is 17.6 Å². The summed E-state index contributed by atoms with van der Waals surface area (Å²) < 4.78 is 11.2. The van der Waals surface area contributed by atoms with E-state index in [0.717, 1.165) is 53.1 Å². The lowest BCUT2D eigenvalue weighted by Gasteiger charge is -2.41. The molecule has 0 fully saturated rings. The maximum absolute atomic E-state index is 14.1. The number of hydrogen-bond donors (Lipinski definition) is 1. The van der Waals surface area contributed by atoms with Crippen molar-refractivity contribution in [2.75, 3.05) is 24.8 Å². The molecule has 0 aromatic heterocycles. The van der Waals surface area contributed by atoms with Gasteiger partial charge < -0.3 is 25.0 Å². The predicted octanol–water partition coefficient (Wildman–Crippen LogP) is 3.41. The number of unbranched alkanes of at least 4 members (excludes halogenated alkanes) is 1. The normalized spacial score (nSPS) is 22.2. The van der Waals surface area contributed by atoms with Crippen molar-refractivity contribution in [3.63, 3.8) is 0 Å². The van der Waals surface area contributed by atoms with E-state index in [-0.39, 0.29) is 12.7 Å². The zero-order valence-electron chi connectivity index (χ0n) is 18.4. The van der Waals surface area contributed by atoms with Gasteiger partial charge in [-0.1, -0.05) is 31.5 Å². The SMILES string of the molecule is CCCCN1C(=O)[C@]2(C=C3c4cc5c(cc4CCN3C(N)=C2C#N)OCO5)c2ccccc21. The van der Waals surface area contributed by atoms with E-state index in [0.29, 0.717) is 30.2 Å². The molecule has 0 saturated heterocycles. The van der Waals surface area contributed by atoms with Gasteiger partial charge in [-0.15, -0.1) is 0 Å². The summed E-state index contributed by atoms with van der Waals surface area (Å²) in [6.07, 6.45) is 4.56. The molecule has 166 valence electrons. The minimum Gasteiger partial charge on any atom is -0.454 e. The van der Waals surface area contributed by atoms with Crippen LogP contribution in [0.1, 0.15) is 36.5 Å². The molecule has 1 atom stereocenters. The Bertz CT molecular complexity index is 1310. The standard InChI is InChI=1S/C26H24N4O3/c1-2-3-9-30-20-7-5-4-6-18(20)26(25(30)31)13-21-17-12-23-22(32-15-33-23)11-16(17)8-10-29(21)24(28)19(26)14-27/h4-7,11-13H,2-3,8-10,15,28H2,1H3/t26-/m1/s1. The van der Waals surface area contributed by atoms with Gasteiger partial charge >= 0.3 is 0 Å². The van der Waals surface area contributed by atoms with Crippen LogP contribution in [0.2, 0.25) is 0 Å². The van der Waals surface area contributed by atoms with E-state index in [1.54, 1.807) is 0 Å². The Balaban J connectivity index is 1.60. The molecular formula is C26H24N4O3. The van der Waals surface area contributed by atoms with E-state index in [4.69, 9.17) is 15.2 Å². The first-order chi connectivity index (χ1) is 16.1. The average molecular weight is 441 g/mol. The number of nitriles is 1. The second-order valence-electron chi connectivity index (χ2n) is 8.80. The van der Waals surface area contributed by atoms with E-state index in [1.165, 1.54) is 0 Å². The zero-order chi connectivity index (χ0) is 22.7. The number of anilines is 1. The van der Waals surface area contributed by atoms with Crippen LogP contribution in [0, 0.1) is 11.3 Å². The molecule has 2 aromatic rings. The van der Waals surface area contributed by atoms with Crippen LogP contribution in [0.25, 0.3) is 5.70 Å². The molecule has 4 heterocycles. The van der Waals surface area contributed by atoms with Crippen LogP contribution in [0.4, 0.5) is 5.69 Å². The molecule has 0 bridgehead atoms. The summed E-state index contributed by atoms with van der Waals surface area (Å²) in [6, 6.07) is 14.0. The monoisotopic (exact) mass is 440 g/mol. The number of rotatable bonds is 3. The summed E-state index contributed by atoms with van der Waals surface area (Å²) in [7, 11) is 0. The molecule has 1 spiro atoms. The number of amides is 1. The highest BCUT2D eigenvalue weighted by atomic mass is 16.7. The Morgan fingerprint density at radius 1 is 1.21 bits per heavy atom. The largest absolute Gasteiger partial charge is 0.454 e. The van der Waals surface area contributed by atoms with E-state index in [1.807, 2.05) is 52.3 Å². The Morgan fingerprint density at radius 2 is 2.00 bits per heavy atom. The summed E-state index contributed by atoms with van der Waals surface area (Å²) in [5.74, 6) is 1.65. The third kappa shape index (κ3) is 2.52. The van der Waals surface area contributed by atoms with Gasteiger partial charge in [0.05, 0.1) is 5.57 Å². The number of fused-ring (bicyclic) bond motifs is 6. The molecule has 0 radical (unpaired) electrons. The maximum atomic E-state index is 14.1. The van der Waals surface area contributed by atoms with Crippen LogP contribution in [0.3, 0.4) is 0 Å². The molecule has 2 N–H and O–H groups in total. The number of hydrogen-bond acceptors (Lipinski definition) is 6. The highest BCUT2D eigenvalue weighted by Gasteiger charge is 2.56. The van der Waals surface area contributed by atoms with Gasteiger partial charge in [-0.05, 0) is 42.7 Å². The fourth-order valence-corrected chi connectivity index (χ4v) is 5.49. The number of nitrogens with two attached hydrogens (primary N) is 1. The minimum atomic E-state index is -1.24. The van der Waals surface area contributed by atoms with Gasteiger partial charge in [-0.25, -0.2) is 0 Å². The lowest BCUT2D eigenvalue weighted by atomic mass is 9.71. The van der Waals surface area contributed by atoms with Crippen LogP contribution >= 0.6 is 0 Å². The zero-order valence-corrected chi connectivity index (χ0v) is 18.4. The van der Waals surface area contributed by atoms with E-state index < -0.39 is 5.41 Å². The smallest absolute Gasteiger partial charge is 0.247 e. The van der Waals surface area contributed by atoms with Crippen molar-refractivity contribution in [2.24, 2.45) is 5.73 Å². The number of ether oxygens (including phenoxy) is 2. The number of carbonyl (C=O) groups is 1. The van der Waals surface area contributed by atoms with Crippen LogP contribution in [-0.4, -0.2) is 30.7 Å². The molecule has 7 nitrogen and oxygen atoms in total. The Hall–Kier alpha value is -3.92. The van der Waals surface area contributed by atoms with Gasteiger partial charge in [0.2, 0.25) is 12.7 Å². The molecule has 4 aliphatic heterocycles. The summed E-state index contributed by atoms with van der Waals surface area (Å²) in [5, 5.41) is 10.3. The quantitative estimate of drug-likeness (QED) is 0.787. The molecule has 0 aliphatic carbocycles. The van der Waals surface area contributed by atoms with Crippen molar-refractivity contribution >= 4 is 17.3 Å². The molecule has 0 unspecified atom stereocenters. The Labute approximate surface area is 192 Å². The van der Waals surface area contributed by atoms with Crippen LogP contribution in [0.15, 0.2) is 53.9 Å². The predicted molar refractivity (Wildman–Crippen MR) is 123 cm³/mol. The summed E-state index contributed by atoms with van der Waals surface area (Å²) in [5.41, 5.74) is 10.3. The van der Waals surface area contributed by atoms with Gasteiger partial charge in [0, 0.05) is 35.6 Å². The Morgan fingerprint density at radius 3 is 2.79 bits per heavy atom. The summed E-state index contributed by atoms with van der Waals surface area (Å²) >= 11 is 0. The molecule has 2 aromatic carbocycles. The third-order valence-electron chi connectivity index (χ3n) is 7.11. The van der Waals surface area contributed by atoms with E-state index in [9.17, 15) is 10.1 Å². The fourth-order valence-electron chi connectivity index (χ4n) is 5.49. The van der Waals surface area contributed by atoms with Crippen molar-refractivity contribution in [1.82, 2.24) is 4.90 Å². The van der Waals surface area contributed by atoms with Crippen LogP contribution in [-0.2, 0) is 16.6 Å². The first kappa shape index (κ1) is 19.7. The lowest BCUT2D eigenvalue weighted by molar-refractivity contribution is -0.120. The second kappa shape index (κ2) is 7.04. The Kier molecular flexibility index (Phi) is 4.21. The molecule has 7 heteroatoms. The lowest BCUT2D eigenvalue weighted by Crippen LogP contribution is -2.47. The van der Waals surface area contributed by atoms with E-state index in [2.05, 4.69) is 13.0 Å². The highest BCUT2D eigenvalue weighted by molar-refractivity contribution is 6.14. The van der Waals surface area contributed by atoms with Crippen LogP contribution in [0.5, 0.6) is 11.5 Å². The molecule has 6 rings (SSSR count). The minimum absolute atomic E-state index is 0.114. The van der Waals surface area contributed by atoms with Gasteiger partial charge in [-0.2, -0.15) is 5.26 Å².